The van der Waals surface area contributed by atoms with Gasteiger partial charge in [-0.05, 0) is 70.2 Å². The van der Waals surface area contributed by atoms with E-state index in [0.29, 0.717) is 17.3 Å². The molecule has 0 unspecified atom stereocenters. The van der Waals surface area contributed by atoms with Crippen LogP contribution in [0.15, 0.2) is 35.9 Å². The van der Waals surface area contributed by atoms with Gasteiger partial charge in [0.05, 0.1) is 0 Å². The Hall–Kier alpha value is -1.81. The molecule has 2 rings (SSSR count). The number of carbonyl (C=O) groups is 2. The van der Waals surface area contributed by atoms with Gasteiger partial charge >= 0.3 is 0 Å². The van der Waals surface area contributed by atoms with E-state index in [4.69, 9.17) is 11.6 Å². The minimum absolute atomic E-state index is 0.259. The molecule has 2 N–H and O–H groups in total. The highest BCUT2D eigenvalue weighted by atomic mass is 35.5. The van der Waals surface area contributed by atoms with Gasteiger partial charge in [0.25, 0.3) is 0 Å². The standard InChI is InChI=1S/C19H25ClN2O2/c1-19(2,18(24)22-16-10-8-15(20)9-11-16)17(23)21-13-12-14-6-4-3-5-7-14/h6,8-11H,3-5,7,12-13H2,1-2H3,(H,21,23)(H,22,24). The van der Waals surface area contributed by atoms with Gasteiger partial charge in [0.1, 0.15) is 5.41 Å². The number of rotatable bonds is 6. The molecule has 0 aliphatic heterocycles. The SMILES string of the molecule is CC(C)(C(=O)NCCC1=CCCCC1)C(=O)Nc1ccc(Cl)cc1. The van der Waals surface area contributed by atoms with Crippen LogP contribution < -0.4 is 10.6 Å². The van der Waals surface area contributed by atoms with Crippen LogP contribution in [0.25, 0.3) is 0 Å². The quantitative estimate of drug-likeness (QED) is 0.594. The van der Waals surface area contributed by atoms with Crippen molar-refractivity contribution in [1.82, 2.24) is 5.32 Å². The second-order valence-electron chi connectivity index (χ2n) is 6.70. The van der Waals surface area contributed by atoms with Crippen molar-refractivity contribution >= 4 is 29.1 Å². The fourth-order valence-electron chi connectivity index (χ4n) is 2.61. The third kappa shape index (κ3) is 5.10. The molecule has 1 aliphatic rings. The molecule has 1 aliphatic carbocycles. The van der Waals surface area contributed by atoms with E-state index in [0.717, 1.165) is 19.3 Å². The number of hydrogen-bond donors (Lipinski definition) is 2. The number of hydrogen-bond acceptors (Lipinski definition) is 2. The van der Waals surface area contributed by atoms with Gasteiger partial charge in [-0.1, -0.05) is 23.3 Å². The minimum Gasteiger partial charge on any atom is -0.355 e. The zero-order valence-electron chi connectivity index (χ0n) is 14.3. The lowest BCUT2D eigenvalue weighted by atomic mass is 9.90. The second-order valence-corrected chi connectivity index (χ2v) is 7.14. The van der Waals surface area contributed by atoms with Gasteiger partial charge in [-0.3, -0.25) is 9.59 Å². The predicted octanol–water partition coefficient (Wildman–Crippen LogP) is 4.31. The molecule has 0 saturated carbocycles. The van der Waals surface area contributed by atoms with Crippen molar-refractivity contribution in [2.45, 2.75) is 46.0 Å². The number of benzene rings is 1. The van der Waals surface area contributed by atoms with E-state index in [2.05, 4.69) is 16.7 Å². The summed E-state index contributed by atoms with van der Waals surface area (Å²) in [6, 6.07) is 6.82. The van der Waals surface area contributed by atoms with Crippen molar-refractivity contribution in [2.24, 2.45) is 5.41 Å². The summed E-state index contributed by atoms with van der Waals surface area (Å²) in [5, 5.41) is 6.24. The van der Waals surface area contributed by atoms with Crippen LogP contribution in [0.2, 0.25) is 5.02 Å². The summed E-state index contributed by atoms with van der Waals surface area (Å²) < 4.78 is 0. The van der Waals surface area contributed by atoms with E-state index < -0.39 is 5.41 Å². The normalized spacial score (nSPS) is 14.7. The number of nitrogens with one attached hydrogen (secondary N) is 2. The lowest BCUT2D eigenvalue weighted by Gasteiger charge is -2.23. The number of halogens is 1. The molecule has 0 heterocycles. The van der Waals surface area contributed by atoms with Crippen LogP contribution in [-0.4, -0.2) is 18.4 Å². The summed E-state index contributed by atoms with van der Waals surface area (Å²) in [7, 11) is 0. The fraction of sp³-hybridized carbons (Fsp3) is 0.474. The molecule has 0 bridgehead atoms. The first kappa shape index (κ1) is 18.5. The van der Waals surface area contributed by atoms with Crippen LogP contribution in [0.3, 0.4) is 0 Å². The summed E-state index contributed by atoms with van der Waals surface area (Å²) in [6.45, 7) is 3.84. The van der Waals surface area contributed by atoms with Crippen molar-refractivity contribution < 1.29 is 9.59 Å². The Morgan fingerprint density at radius 3 is 2.46 bits per heavy atom. The summed E-state index contributed by atoms with van der Waals surface area (Å²) in [6.07, 6.45) is 7.88. The number of amides is 2. The molecule has 1 aromatic rings. The fourth-order valence-corrected chi connectivity index (χ4v) is 2.74. The Morgan fingerprint density at radius 2 is 1.83 bits per heavy atom. The highest BCUT2D eigenvalue weighted by molar-refractivity contribution is 6.30. The monoisotopic (exact) mass is 348 g/mol. The number of anilines is 1. The highest BCUT2D eigenvalue weighted by Gasteiger charge is 2.35. The molecule has 0 radical (unpaired) electrons. The maximum absolute atomic E-state index is 12.4. The summed E-state index contributed by atoms with van der Waals surface area (Å²) in [4.78, 5) is 24.8. The summed E-state index contributed by atoms with van der Waals surface area (Å²) in [5.41, 5.74) is 0.892. The first-order valence-electron chi connectivity index (χ1n) is 8.43. The van der Waals surface area contributed by atoms with Crippen molar-refractivity contribution in [3.05, 3.63) is 40.9 Å². The van der Waals surface area contributed by atoms with Crippen LogP contribution >= 0.6 is 11.6 Å². The third-order valence-electron chi connectivity index (χ3n) is 4.35. The van der Waals surface area contributed by atoms with Crippen molar-refractivity contribution in [2.75, 3.05) is 11.9 Å². The van der Waals surface area contributed by atoms with Crippen LogP contribution in [-0.2, 0) is 9.59 Å². The zero-order chi connectivity index (χ0) is 17.6. The van der Waals surface area contributed by atoms with E-state index >= 15 is 0 Å². The van der Waals surface area contributed by atoms with Gasteiger partial charge in [0.15, 0.2) is 0 Å². The molecule has 4 nitrogen and oxygen atoms in total. The average Bonchev–Trinajstić information content (AvgIpc) is 2.57. The largest absolute Gasteiger partial charge is 0.355 e. The number of carbonyl (C=O) groups excluding carboxylic acids is 2. The van der Waals surface area contributed by atoms with Crippen LogP contribution in [0.5, 0.6) is 0 Å². The molecule has 2 amide bonds. The molecule has 0 fully saturated rings. The smallest absolute Gasteiger partial charge is 0.239 e. The topological polar surface area (TPSA) is 58.2 Å². The van der Waals surface area contributed by atoms with Gasteiger partial charge in [-0.25, -0.2) is 0 Å². The Kier molecular flexibility index (Phi) is 6.44. The minimum atomic E-state index is -1.14. The average molecular weight is 349 g/mol. The second kappa shape index (κ2) is 8.34. The lowest BCUT2D eigenvalue weighted by Crippen LogP contribution is -2.45. The molecule has 0 aromatic heterocycles. The van der Waals surface area contributed by atoms with E-state index in [1.54, 1.807) is 38.1 Å². The number of allylic oxidation sites excluding steroid dienone is 1. The van der Waals surface area contributed by atoms with Crippen molar-refractivity contribution in [3.8, 4) is 0 Å². The van der Waals surface area contributed by atoms with Gasteiger partial charge in [-0.2, -0.15) is 0 Å². The first-order chi connectivity index (χ1) is 11.4. The molecular formula is C19H25ClN2O2. The van der Waals surface area contributed by atoms with E-state index in [-0.39, 0.29) is 11.8 Å². The maximum atomic E-state index is 12.4. The Morgan fingerprint density at radius 1 is 1.12 bits per heavy atom. The van der Waals surface area contributed by atoms with Gasteiger partial charge in [0.2, 0.25) is 11.8 Å². The Bertz CT molecular complexity index is 621. The van der Waals surface area contributed by atoms with E-state index in [1.165, 1.54) is 18.4 Å². The van der Waals surface area contributed by atoms with E-state index in [9.17, 15) is 9.59 Å². The van der Waals surface area contributed by atoms with Crippen LogP contribution in [0.1, 0.15) is 46.0 Å². The first-order valence-corrected chi connectivity index (χ1v) is 8.80. The van der Waals surface area contributed by atoms with Gasteiger partial charge < -0.3 is 10.6 Å². The molecule has 5 heteroatoms. The van der Waals surface area contributed by atoms with Crippen molar-refractivity contribution in [3.63, 3.8) is 0 Å². The predicted molar refractivity (Wildman–Crippen MR) is 98.0 cm³/mol. The van der Waals surface area contributed by atoms with Gasteiger partial charge in [0, 0.05) is 17.3 Å². The summed E-state index contributed by atoms with van der Waals surface area (Å²) >= 11 is 5.83. The molecule has 0 saturated heterocycles. The summed E-state index contributed by atoms with van der Waals surface area (Å²) in [5.74, 6) is -0.593. The van der Waals surface area contributed by atoms with Crippen LogP contribution in [0, 0.1) is 5.41 Å². The Labute approximate surface area is 148 Å². The highest BCUT2D eigenvalue weighted by Crippen LogP contribution is 2.22. The molecule has 0 atom stereocenters. The molecule has 130 valence electrons. The molecule has 24 heavy (non-hydrogen) atoms. The lowest BCUT2D eigenvalue weighted by molar-refractivity contribution is -0.138. The third-order valence-corrected chi connectivity index (χ3v) is 4.61. The molecular weight excluding hydrogens is 324 g/mol. The Balaban J connectivity index is 1.85. The van der Waals surface area contributed by atoms with Crippen molar-refractivity contribution in [1.29, 1.82) is 0 Å². The zero-order valence-corrected chi connectivity index (χ0v) is 15.1. The van der Waals surface area contributed by atoms with Gasteiger partial charge in [-0.15, -0.1) is 0 Å². The maximum Gasteiger partial charge on any atom is 0.239 e. The molecule has 1 aromatic carbocycles. The van der Waals surface area contributed by atoms with Crippen LogP contribution in [0.4, 0.5) is 5.69 Å². The van der Waals surface area contributed by atoms with E-state index in [1.807, 2.05) is 0 Å². The molecule has 0 spiro atoms.